The minimum Gasteiger partial charge on any atom is -0.493 e. The van der Waals surface area contributed by atoms with Gasteiger partial charge >= 0.3 is 0 Å². The summed E-state index contributed by atoms with van der Waals surface area (Å²) in [5, 5.41) is 7.63. The highest BCUT2D eigenvalue weighted by Gasteiger charge is 2.21. The van der Waals surface area contributed by atoms with Crippen LogP contribution in [0.3, 0.4) is 0 Å². The third kappa shape index (κ3) is 2.47. The van der Waals surface area contributed by atoms with Gasteiger partial charge in [-0.3, -0.25) is 4.68 Å². The van der Waals surface area contributed by atoms with Crippen molar-refractivity contribution < 1.29 is 4.74 Å². The van der Waals surface area contributed by atoms with Gasteiger partial charge in [-0.25, -0.2) is 0 Å². The van der Waals surface area contributed by atoms with Gasteiger partial charge in [-0.05, 0) is 42.8 Å². The molecule has 0 aliphatic carbocycles. The van der Waals surface area contributed by atoms with Gasteiger partial charge in [0.1, 0.15) is 5.75 Å². The third-order valence-corrected chi connectivity index (χ3v) is 4.27. The highest BCUT2D eigenvalue weighted by molar-refractivity contribution is 9.10. The zero-order valence-corrected chi connectivity index (χ0v) is 13.3. The second-order valence-corrected chi connectivity index (χ2v) is 5.99. The van der Waals surface area contributed by atoms with Gasteiger partial charge in [0.05, 0.1) is 18.3 Å². The van der Waals surface area contributed by atoms with E-state index in [9.17, 15) is 0 Å². The van der Waals surface area contributed by atoms with Crippen LogP contribution in [-0.2, 0) is 19.9 Å². The zero-order chi connectivity index (χ0) is 14.1. The molecule has 0 saturated heterocycles. The van der Waals surface area contributed by atoms with Gasteiger partial charge in [0.2, 0.25) is 0 Å². The van der Waals surface area contributed by atoms with E-state index in [0.29, 0.717) is 0 Å². The molecule has 106 valence electrons. The standard InChI is InChI=1S/C15H18BrN3O/c1-17-13(14-3-5-18-19(14)2)9-11-8-12(16)7-10-4-6-20-15(10)11/h3,5,7-8,13,17H,4,6,9H2,1-2H3. The van der Waals surface area contributed by atoms with Crippen LogP contribution < -0.4 is 10.1 Å². The molecule has 0 saturated carbocycles. The summed E-state index contributed by atoms with van der Waals surface area (Å²) in [5.41, 5.74) is 3.72. The van der Waals surface area contributed by atoms with E-state index >= 15 is 0 Å². The van der Waals surface area contributed by atoms with Crippen molar-refractivity contribution in [3.05, 3.63) is 45.7 Å². The van der Waals surface area contributed by atoms with Crippen molar-refractivity contribution in [2.24, 2.45) is 7.05 Å². The fourth-order valence-corrected chi connectivity index (χ4v) is 3.35. The zero-order valence-electron chi connectivity index (χ0n) is 11.7. The van der Waals surface area contributed by atoms with Crippen molar-refractivity contribution in [1.29, 1.82) is 0 Å². The average molecular weight is 336 g/mol. The smallest absolute Gasteiger partial charge is 0.125 e. The Hall–Kier alpha value is -1.33. The third-order valence-electron chi connectivity index (χ3n) is 3.81. The normalized spacial score (nSPS) is 14.9. The molecule has 1 unspecified atom stereocenters. The van der Waals surface area contributed by atoms with Crippen LogP contribution in [0.1, 0.15) is 22.9 Å². The average Bonchev–Trinajstić information content (AvgIpc) is 3.04. The number of ether oxygens (including phenoxy) is 1. The van der Waals surface area contributed by atoms with E-state index in [1.807, 2.05) is 25.0 Å². The topological polar surface area (TPSA) is 39.1 Å². The van der Waals surface area contributed by atoms with Gasteiger partial charge in [0.25, 0.3) is 0 Å². The molecule has 0 radical (unpaired) electrons. The predicted molar refractivity (Wildman–Crippen MR) is 82.1 cm³/mol. The molecule has 2 heterocycles. The number of hydrogen-bond donors (Lipinski definition) is 1. The number of rotatable bonds is 4. The number of benzene rings is 1. The lowest BCUT2D eigenvalue weighted by molar-refractivity contribution is 0.351. The molecule has 1 N–H and O–H groups in total. The maximum Gasteiger partial charge on any atom is 0.125 e. The second-order valence-electron chi connectivity index (χ2n) is 5.08. The van der Waals surface area contributed by atoms with Crippen molar-refractivity contribution >= 4 is 15.9 Å². The number of aryl methyl sites for hydroxylation is 1. The van der Waals surface area contributed by atoms with Crippen LogP contribution >= 0.6 is 15.9 Å². The summed E-state index contributed by atoms with van der Waals surface area (Å²) in [7, 11) is 3.96. The van der Waals surface area contributed by atoms with E-state index in [1.54, 1.807) is 0 Å². The number of nitrogens with zero attached hydrogens (tertiary/aromatic N) is 2. The van der Waals surface area contributed by atoms with E-state index in [2.05, 4.69) is 44.5 Å². The lowest BCUT2D eigenvalue weighted by atomic mass is 10.00. The highest BCUT2D eigenvalue weighted by atomic mass is 79.9. The highest BCUT2D eigenvalue weighted by Crippen LogP contribution is 2.35. The van der Waals surface area contributed by atoms with Crippen LogP contribution in [0.15, 0.2) is 28.9 Å². The van der Waals surface area contributed by atoms with Crippen molar-refractivity contribution in [1.82, 2.24) is 15.1 Å². The fraction of sp³-hybridized carbons (Fsp3) is 0.400. The molecule has 1 atom stereocenters. The van der Waals surface area contributed by atoms with Crippen molar-refractivity contribution in [3.8, 4) is 5.75 Å². The van der Waals surface area contributed by atoms with Gasteiger partial charge in [0.15, 0.2) is 0 Å². The molecular weight excluding hydrogens is 318 g/mol. The first kappa shape index (κ1) is 13.6. The Bertz CT molecular complexity index is 624. The Morgan fingerprint density at radius 1 is 1.50 bits per heavy atom. The Labute approximate surface area is 127 Å². The number of hydrogen-bond acceptors (Lipinski definition) is 3. The molecule has 3 rings (SSSR count). The van der Waals surface area contributed by atoms with Gasteiger partial charge in [-0.15, -0.1) is 0 Å². The van der Waals surface area contributed by atoms with Gasteiger partial charge in [-0.2, -0.15) is 5.10 Å². The summed E-state index contributed by atoms with van der Waals surface area (Å²) in [4.78, 5) is 0. The fourth-order valence-electron chi connectivity index (χ4n) is 2.80. The van der Waals surface area contributed by atoms with Gasteiger partial charge < -0.3 is 10.1 Å². The molecule has 0 fully saturated rings. The van der Waals surface area contributed by atoms with Crippen LogP contribution in [-0.4, -0.2) is 23.4 Å². The molecule has 0 spiro atoms. The molecule has 5 heteroatoms. The first-order chi connectivity index (χ1) is 9.69. The first-order valence-corrected chi connectivity index (χ1v) is 7.57. The quantitative estimate of drug-likeness (QED) is 0.933. The number of nitrogens with one attached hydrogen (secondary N) is 1. The summed E-state index contributed by atoms with van der Waals surface area (Å²) in [6.45, 7) is 0.786. The van der Waals surface area contributed by atoms with E-state index in [4.69, 9.17) is 4.74 Å². The number of likely N-dealkylation sites (N-methyl/N-ethyl adjacent to an activating group) is 1. The van der Waals surface area contributed by atoms with Crippen LogP contribution in [0, 0.1) is 0 Å². The summed E-state index contributed by atoms with van der Waals surface area (Å²) < 4.78 is 8.85. The predicted octanol–water partition coefficient (Wildman–Crippen LogP) is 2.62. The van der Waals surface area contributed by atoms with E-state index in [1.165, 1.54) is 16.8 Å². The SMILES string of the molecule is CNC(Cc1cc(Br)cc2c1OCC2)c1ccnn1C. The lowest BCUT2D eigenvalue weighted by Crippen LogP contribution is -2.21. The molecule has 0 amide bonds. The summed E-state index contributed by atoms with van der Waals surface area (Å²) >= 11 is 3.60. The number of halogens is 1. The largest absolute Gasteiger partial charge is 0.493 e. The Balaban J connectivity index is 1.92. The maximum atomic E-state index is 5.81. The lowest BCUT2D eigenvalue weighted by Gasteiger charge is -2.18. The molecule has 1 aromatic carbocycles. The molecule has 2 aromatic rings. The van der Waals surface area contributed by atoms with Crippen LogP contribution in [0.5, 0.6) is 5.75 Å². The Morgan fingerprint density at radius 3 is 3.05 bits per heavy atom. The molecule has 1 aliphatic rings. The van der Waals surface area contributed by atoms with Crippen molar-refractivity contribution in [2.75, 3.05) is 13.7 Å². The summed E-state index contributed by atoms with van der Waals surface area (Å²) in [6, 6.07) is 6.60. The van der Waals surface area contributed by atoms with E-state index < -0.39 is 0 Å². The minimum absolute atomic E-state index is 0.227. The molecule has 4 nitrogen and oxygen atoms in total. The second kappa shape index (κ2) is 5.58. The van der Waals surface area contributed by atoms with Gasteiger partial charge in [0, 0.05) is 24.1 Å². The first-order valence-electron chi connectivity index (χ1n) is 6.78. The summed E-state index contributed by atoms with van der Waals surface area (Å²) in [6.07, 6.45) is 3.72. The van der Waals surface area contributed by atoms with Crippen LogP contribution in [0.4, 0.5) is 0 Å². The van der Waals surface area contributed by atoms with Crippen molar-refractivity contribution in [3.63, 3.8) is 0 Å². The summed E-state index contributed by atoms with van der Waals surface area (Å²) in [5.74, 6) is 1.07. The van der Waals surface area contributed by atoms with E-state index in [0.717, 1.165) is 29.7 Å². The number of fused-ring (bicyclic) bond motifs is 1. The molecule has 1 aliphatic heterocycles. The molecular formula is C15H18BrN3O. The Kier molecular flexibility index (Phi) is 3.81. The molecule has 20 heavy (non-hydrogen) atoms. The maximum absolute atomic E-state index is 5.81. The monoisotopic (exact) mass is 335 g/mol. The number of aromatic nitrogens is 2. The van der Waals surface area contributed by atoms with Crippen LogP contribution in [0.2, 0.25) is 0 Å². The molecule has 1 aromatic heterocycles. The van der Waals surface area contributed by atoms with Crippen LogP contribution in [0.25, 0.3) is 0 Å². The Morgan fingerprint density at radius 2 is 2.35 bits per heavy atom. The van der Waals surface area contributed by atoms with Crippen molar-refractivity contribution in [2.45, 2.75) is 18.9 Å². The van der Waals surface area contributed by atoms with E-state index in [-0.39, 0.29) is 6.04 Å². The minimum atomic E-state index is 0.227. The molecule has 0 bridgehead atoms. The van der Waals surface area contributed by atoms with Gasteiger partial charge in [-0.1, -0.05) is 15.9 Å².